The van der Waals surface area contributed by atoms with Crippen LogP contribution < -0.4 is 11.3 Å². The second kappa shape index (κ2) is 6.27. The third kappa shape index (κ3) is 3.20. The minimum Gasteiger partial charge on any atom is -0.271 e. The van der Waals surface area contributed by atoms with Gasteiger partial charge in [0, 0.05) is 24.0 Å². The largest absolute Gasteiger partial charge is 0.271 e. The number of nitrogens with two attached hydrogens (primary N) is 1. The van der Waals surface area contributed by atoms with Crippen molar-refractivity contribution >= 4 is 11.3 Å². The predicted molar refractivity (Wildman–Crippen MR) is 77.9 cm³/mol. The molecule has 0 saturated carbocycles. The van der Waals surface area contributed by atoms with Crippen molar-refractivity contribution in [2.24, 2.45) is 5.84 Å². The Hall–Kier alpha value is -1.24. The summed E-state index contributed by atoms with van der Waals surface area (Å²) in [5.41, 5.74) is 6.20. The van der Waals surface area contributed by atoms with E-state index < -0.39 is 0 Å². The van der Waals surface area contributed by atoms with E-state index in [9.17, 15) is 0 Å². The van der Waals surface area contributed by atoms with E-state index in [2.05, 4.69) is 40.8 Å². The van der Waals surface area contributed by atoms with Crippen molar-refractivity contribution in [3.63, 3.8) is 0 Å². The molecule has 104 valence electrons. The highest BCUT2D eigenvalue weighted by atomic mass is 32.1. The maximum absolute atomic E-state index is 5.72. The Kier molecular flexibility index (Phi) is 4.68. The highest BCUT2D eigenvalue weighted by molar-refractivity contribution is 7.09. The standard InChI is InChI=1S/C13H21N5S/c1-4-10-6-12(18(5-2)17-10)11(16-14)7-13-15-9(3)8-19-13/h6,8,11,16H,4-5,7,14H2,1-3H3. The average Bonchev–Trinajstić information content (AvgIpc) is 3.01. The first-order chi connectivity index (χ1) is 9.17. The van der Waals surface area contributed by atoms with Gasteiger partial charge in [-0.3, -0.25) is 16.0 Å². The summed E-state index contributed by atoms with van der Waals surface area (Å²) in [6, 6.07) is 2.19. The molecule has 2 aromatic heterocycles. The molecule has 0 bridgehead atoms. The van der Waals surface area contributed by atoms with E-state index in [1.165, 1.54) is 0 Å². The first-order valence-electron chi connectivity index (χ1n) is 6.61. The van der Waals surface area contributed by atoms with Gasteiger partial charge in [-0.1, -0.05) is 6.92 Å². The highest BCUT2D eigenvalue weighted by Gasteiger charge is 2.18. The summed E-state index contributed by atoms with van der Waals surface area (Å²) in [5.74, 6) is 5.72. The van der Waals surface area contributed by atoms with E-state index in [0.717, 1.165) is 41.5 Å². The molecule has 0 spiro atoms. The molecule has 0 aliphatic rings. The van der Waals surface area contributed by atoms with Gasteiger partial charge in [-0.2, -0.15) is 5.10 Å². The number of rotatable bonds is 6. The number of nitrogens with one attached hydrogen (secondary N) is 1. The molecule has 2 rings (SSSR count). The normalized spacial score (nSPS) is 12.8. The van der Waals surface area contributed by atoms with Crippen molar-refractivity contribution in [2.45, 2.75) is 46.2 Å². The van der Waals surface area contributed by atoms with E-state index >= 15 is 0 Å². The Balaban J connectivity index is 2.23. The summed E-state index contributed by atoms with van der Waals surface area (Å²) in [5, 5.41) is 7.73. The lowest BCUT2D eigenvalue weighted by molar-refractivity contribution is 0.489. The van der Waals surface area contributed by atoms with E-state index in [0.29, 0.717) is 0 Å². The first kappa shape index (κ1) is 14.2. The molecule has 0 fully saturated rings. The summed E-state index contributed by atoms with van der Waals surface area (Å²) < 4.78 is 2.02. The van der Waals surface area contributed by atoms with Crippen LogP contribution in [-0.4, -0.2) is 14.8 Å². The number of nitrogens with zero attached hydrogens (tertiary/aromatic N) is 3. The Morgan fingerprint density at radius 3 is 2.79 bits per heavy atom. The van der Waals surface area contributed by atoms with Crippen LogP contribution in [0.5, 0.6) is 0 Å². The van der Waals surface area contributed by atoms with Gasteiger partial charge in [0.05, 0.1) is 22.4 Å². The van der Waals surface area contributed by atoms with E-state index in [1.807, 2.05) is 11.6 Å². The Morgan fingerprint density at radius 1 is 1.47 bits per heavy atom. The zero-order valence-electron chi connectivity index (χ0n) is 11.7. The van der Waals surface area contributed by atoms with Crippen molar-refractivity contribution in [1.82, 2.24) is 20.2 Å². The number of thiazole rings is 1. The smallest absolute Gasteiger partial charge is 0.0948 e. The number of hydrazine groups is 1. The van der Waals surface area contributed by atoms with Crippen LogP contribution >= 0.6 is 11.3 Å². The highest BCUT2D eigenvalue weighted by Crippen LogP contribution is 2.21. The number of aromatic nitrogens is 3. The van der Waals surface area contributed by atoms with Crippen molar-refractivity contribution in [1.29, 1.82) is 0 Å². The zero-order chi connectivity index (χ0) is 13.8. The van der Waals surface area contributed by atoms with Crippen LogP contribution in [0.3, 0.4) is 0 Å². The van der Waals surface area contributed by atoms with Crippen molar-refractivity contribution in [3.05, 3.63) is 33.5 Å². The van der Waals surface area contributed by atoms with E-state index in [4.69, 9.17) is 5.84 Å². The van der Waals surface area contributed by atoms with E-state index in [1.54, 1.807) is 11.3 Å². The van der Waals surface area contributed by atoms with Crippen molar-refractivity contribution < 1.29 is 0 Å². The van der Waals surface area contributed by atoms with Gasteiger partial charge < -0.3 is 0 Å². The van der Waals surface area contributed by atoms with E-state index in [-0.39, 0.29) is 6.04 Å². The molecule has 6 heteroatoms. The number of aryl methyl sites for hydroxylation is 3. The molecule has 2 aromatic rings. The molecule has 0 aromatic carbocycles. The molecule has 0 aliphatic heterocycles. The topological polar surface area (TPSA) is 68.8 Å². The lowest BCUT2D eigenvalue weighted by Crippen LogP contribution is -2.31. The summed E-state index contributed by atoms with van der Waals surface area (Å²) in [7, 11) is 0. The fourth-order valence-electron chi connectivity index (χ4n) is 2.11. The van der Waals surface area contributed by atoms with Crippen LogP contribution in [-0.2, 0) is 19.4 Å². The summed E-state index contributed by atoms with van der Waals surface area (Å²) in [6.45, 7) is 7.07. The van der Waals surface area contributed by atoms with Gasteiger partial charge >= 0.3 is 0 Å². The Bertz CT molecular complexity index is 531. The quantitative estimate of drug-likeness (QED) is 0.626. The molecule has 0 amide bonds. The second-order valence-corrected chi connectivity index (χ2v) is 5.48. The Labute approximate surface area is 117 Å². The van der Waals surface area contributed by atoms with Crippen LogP contribution in [0.4, 0.5) is 0 Å². The van der Waals surface area contributed by atoms with Crippen LogP contribution in [0.2, 0.25) is 0 Å². The third-order valence-corrected chi connectivity index (χ3v) is 4.12. The maximum Gasteiger partial charge on any atom is 0.0948 e. The van der Waals surface area contributed by atoms with Gasteiger partial charge in [0.15, 0.2) is 0 Å². The van der Waals surface area contributed by atoms with Gasteiger partial charge in [0.2, 0.25) is 0 Å². The number of hydrogen-bond acceptors (Lipinski definition) is 5. The zero-order valence-corrected chi connectivity index (χ0v) is 12.5. The van der Waals surface area contributed by atoms with Crippen molar-refractivity contribution in [2.75, 3.05) is 0 Å². The van der Waals surface area contributed by atoms with Gasteiger partial charge in [0.1, 0.15) is 0 Å². The first-order valence-corrected chi connectivity index (χ1v) is 7.49. The summed E-state index contributed by atoms with van der Waals surface area (Å²) in [6.07, 6.45) is 1.73. The van der Waals surface area contributed by atoms with Crippen LogP contribution in [0.25, 0.3) is 0 Å². The maximum atomic E-state index is 5.72. The predicted octanol–water partition coefficient (Wildman–Crippen LogP) is 1.98. The molecule has 0 saturated heterocycles. The number of hydrogen-bond donors (Lipinski definition) is 2. The lowest BCUT2D eigenvalue weighted by atomic mass is 10.1. The summed E-state index contributed by atoms with van der Waals surface area (Å²) >= 11 is 1.68. The fourth-order valence-corrected chi connectivity index (χ4v) is 2.93. The van der Waals surface area contributed by atoms with Crippen LogP contribution in [0.15, 0.2) is 11.4 Å². The molecule has 1 atom stereocenters. The van der Waals surface area contributed by atoms with Gasteiger partial charge in [-0.25, -0.2) is 4.98 Å². The van der Waals surface area contributed by atoms with Gasteiger partial charge in [-0.15, -0.1) is 11.3 Å². The average molecular weight is 279 g/mol. The van der Waals surface area contributed by atoms with Gasteiger partial charge in [0.25, 0.3) is 0 Å². The molecular weight excluding hydrogens is 258 g/mol. The minimum absolute atomic E-state index is 0.0540. The molecule has 0 aliphatic carbocycles. The van der Waals surface area contributed by atoms with Crippen LogP contribution in [0, 0.1) is 6.92 Å². The molecule has 0 radical (unpaired) electrons. The van der Waals surface area contributed by atoms with Crippen molar-refractivity contribution in [3.8, 4) is 0 Å². The molecule has 5 nitrogen and oxygen atoms in total. The molecule has 19 heavy (non-hydrogen) atoms. The third-order valence-electron chi connectivity index (χ3n) is 3.13. The van der Waals surface area contributed by atoms with Crippen LogP contribution in [0.1, 0.15) is 42.0 Å². The SMILES string of the molecule is CCc1cc(C(Cc2nc(C)cs2)NN)n(CC)n1. The molecule has 2 heterocycles. The van der Waals surface area contributed by atoms with Gasteiger partial charge in [-0.05, 0) is 26.3 Å². The lowest BCUT2D eigenvalue weighted by Gasteiger charge is -2.15. The molecule has 3 N–H and O–H groups in total. The minimum atomic E-state index is 0.0540. The fraction of sp³-hybridized carbons (Fsp3) is 0.538. The molecular formula is C13H21N5S. The Morgan fingerprint density at radius 2 is 2.26 bits per heavy atom. The summed E-state index contributed by atoms with van der Waals surface area (Å²) in [4.78, 5) is 4.50. The monoisotopic (exact) mass is 279 g/mol. The molecule has 1 unspecified atom stereocenters. The second-order valence-electron chi connectivity index (χ2n) is 4.54.